The fourth-order valence-corrected chi connectivity index (χ4v) is 5.33. The highest BCUT2D eigenvalue weighted by Gasteiger charge is 2.26. The number of ketones is 1. The minimum absolute atomic E-state index is 0.133. The van der Waals surface area contributed by atoms with Gasteiger partial charge in [-0.25, -0.2) is 9.18 Å². The molecule has 8 nitrogen and oxygen atoms in total. The normalized spacial score (nSPS) is 17.1. The standard InChI is InChI=1S/C32H33FN2O6/c1-20-25(7-5-24(36)14-21-8-9-34-19-21)28-18-23(33)4-6-26(28)27(20)15-22-16-29(38-2)31(30(17-22)39-3)41-32(37)35-10-12-40-13-11-35/h4,6,9,15-19H,5,7-8,10-14H2,1-3H3. The maximum Gasteiger partial charge on any atom is 0.415 e. The van der Waals surface area contributed by atoms with Crippen molar-refractivity contribution in [3.8, 4) is 17.2 Å². The van der Waals surface area contributed by atoms with Gasteiger partial charge in [0.05, 0.1) is 27.4 Å². The number of hydrogen-bond acceptors (Lipinski definition) is 7. The second-order valence-corrected chi connectivity index (χ2v) is 10.1. The smallest absolute Gasteiger partial charge is 0.415 e. The van der Waals surface area contributed by atoms with Gasteiger partial charge in [-0.15, -0.1) is 0 Å². The van der Waals surface area contributed by atoms with Crippen LogP contribution in [0.4, 0.5) is 9.18 Å². The van der Waals surface area contributed by atoms with Gasteiger partial charge in [0, 0.05) is 44.8 Å². The van der Waals surface area contributed by atoms with Gasteiger partial charge in [-0.3, -0.25) is 9.79 Å². The number of benzene rings is 2. The van der Waals surface area contributed by atoms with Crippen molar-refractivity contribution in [2.45, 2.75) is 32.6 Å². The number of aliphatic imine (C=N–C) groups is 1. The van der Waals surface area contributed by atoms with E-state index in [4.69, 9.17) is 18.9 Å². The Bertz CT molecular complexity index is 1460. The molecule has 2 heterocycles. The van der Waals surface area contributed by atoms with Crippen LogP contribution in [-0.4, -0.2) is 63.5 Å². The van der Waals surface area contributed by atoms with Crippen LogP contribution in [0.1, 0.15) is 49.3 Å². The van der Waals surface area contributed by atoms with Crippen LogP contribution in [0.3, 0.4) is 0 Å². The summed E-state index contributed by atoms with van der Waals surface area (Å²) in [6, 6.07) is 8.28. The maximum atomic E-state index is 14.4. The van der Waals surface area contributed by atoms with Gasteiger partial charge in [-0.2, -0.15) is 0 Å². The molecule has 9 heteroatoms. The maximum absolute atomic E-state index is 14.4. The molecule has 2 aliphatic heterocycles. The van der Waals surface area contributed by atoms with Gasteiger partial charge in [0.2, 0.25) is 5.75 Å². The van der Waals surface area contributed by atoms with Crippen molar-refractivity contribution < 1.29 is 32.9 Å². The summed E-state index contributed by atoms with van der Waals surface area (Å²) in [5.74, 6) is 0.677. The molecule has 0 spiro atoms. The Morgan fingerprint density at radius 3 is 2.46 bits per heavy atom. The molecule has 0 bridgehead atoms. The minimum atomic E-state index is -0.502. The number of rotatable bonds is 9. The monoisotopic (exact) mass is 560 g/mol. The van der Waals surface area contributed by atoms with Gasteiger partial charge in [-0.1, -0.05) is 6.07 Å². The van der Waals surface area contributed by atoms with Crippen LogP contribution in [0.25, 0.3) is 17.2 Å². The van der Waals surface area contributed by atoms with Crippen molar-refractivity contribution >= 4 is 35.3 Å². The van der Waals surface area contributed by atoms with Crippen molar-refractivity contribution in [1.82, 2.24) is 4.90 Å². The Kier molecular flexibility index (Phi) is 8.64. The molecule has 0 atom stereocenters. The van der Waals surface area contributed by atoms with Gasteiger partial charge in [0.25, 0.3) is 0 Å². The number of hydrogen-bond donors (Lipinski definition) is 0. The SMILES string of the molecule is COc1cc(C=C2C(C)=C(CCC(=O)CC3=CN=CC3)c3cc(F)ccc32)cc(OC)c1OC(=O)N1CCOCC1. The van der Waals surface area contributed by atoms with Crippen LogP contribution in [0, 0.1) is 5.82 Å². The number of methoxy groups -OCH3 is 2. The van der Waals surface area contributed by atoms with Crippen LogP contribution < -0.4 is 14.2 Å². The molecule has 1 aliphatic carbocycles. The topological polar surface area (TPSA) is 86.7 Å². The van der Waals surface area contributed by atoms with E-state index >= 15 is 0 Å². The molecule has 0 N–H and O–H groups in total. The minimum Gasteiger partial charge on any atom is -0.493 e. The molecule has 0 aromatic heterocycles. The number of ether oxygens (including phenoxy) is 4. The van der Waals surface area contributed by atoms with Crippen molar-refractivity contribution in [1.29, 1.82) is 0 Å². The van der Waals surface area contributed by atoms with E-state index < -0.39 is 6.09 Å². The highest BCUT2D eigenvalue weighted by Crippen LogP contribution is 2.46. The number of Topliss-reactive ketones (excluding diaryl/α,β-unsaturated/α-hetero) is 1. The number of morpholine rings is 1. The lowest BCUT2D eigenvalue weighted by Gasteiger charge is -2.26. The summed E-state index contributed by atoms with van der Waals surface area (Å²) >= 11 is 0. The first-order chi connectivity index (χ1) is 19.9. The lowest BCUT2D eigenvalue weighted by molar-refractivity contribution is -0.118. The van der Waals surface area contributed by atoms with Crippen LogP contribution in [0.2, 0.25) is 0 Å². The Morgan fingerprint density at radius 2 is 1.80 bits per heavy atom. The van der Waals surface area contributed by atoms with Crippen LogP contribution in [-0.2, 0) is 9.53 Å². The molecule has 41 heavy (non-hydrogen) atoms. The third kappa shape index (κ3) is 6.25. The summed E-state index contributed by atoms with van der Waals surface area (Å²) in [6.07, 6.45) is 6.99. The van der Waals surface area contributed by atoms with Gasteiger partial charge < -0.3 is 23.8 Å². The van der Waals surface area contributed by atoms with Crippen LogP contribution in [0.15, 0.2) is 52.7 Å². The first-order valence-corrected chi connectivity index (χ1v) is 13.6. The molecule has 1 saturated heterocycles. The molecule has 1 amide bonds. The summed E-state index contributed by atoms with van der Waals surface area (Å²) < 4.78 is 36.5. The number of carbonyl (C=O) groups is 2. The number of halogens is 1. The third-order valence-corrected chi connectivity index (χ3v) is 7.50. The summed E-state index contributed by atoms with van der Waals surface area (Å²) in [6.45, 7) is 3.79. The predicted octanol–water partition coefficient (Wildman–Crippen LogP) is 6.10. The van der Waals surface area contributed by atoms with Crippen molar-refractivity contribution in [3.63, 3.8) is 0 Å². The van der Waals surface area contributed by atoms with E-state index in [-0.39, 0.29) is 17.3 Å². The molecule has 5 rings (SSSR count). The zero-order valence-electron chi connectivity index (χ0n) is 23.5. The highest BCUT2D eigenvalue weighted by molar-refractivity contribution is 6.05. The fraction of sp³-hybridized carbons (Fsp3) is 0.344. The van der Waals surface area contributed by atoms with E-state index in [0.717, 1.165) is 39.0 Å². The summed E-state index contributed by atoms with van der Waals surface area (Å²) in [4.78, 5) is 31.1. The zero-order valence-corrected chi connectivity index (χ0v) is 23.5. The summed E-state index contributed by atoms with van der Waals surface area (Å²) in [5.41, 5.74) is 6.28. The van der Waals surface area contributed by atoms with Gasteiger partial charge in [0.15, 0.2) is 11.5 Å². The van der Waals surface area contributed by atoms with E-state index in [0.29, 0.717) is 63.5 Å². The quantitative estimate of drug-likeness (QED) is 0.368. The number of nitrogens with zero attached hydrogens (tertiary/aromatic N) is 2. The molecule has 3 aliphatic rings. The van der Waals surface area contributed by atoms with E-state index in [1.54, 1.807) is 35.5 Å². The lowest BCUT2D eigenvalue weighted by atomic mass is 9.97. The largest absolute Gasteiger partial charge is 0.493 e. The predicted molar refractivity (Wildman–Crippen MR) is 155 cm³/mol. The van der Waals surface area contributed by atoms with Crippen molar-refractivity contribution in [2.24, 2.45) is 4.99 Å². The average Bonchev–Trinajstić information content (AvgIpc) is 3.58. The van der Waals surface area contributed by atoms with Crippen LogP contribution >= 0.6 is 0 Å². The molecule has 0 unspecified atom stereocenters. The Balaban J connectivity index is 1.43. The van der Waals surface area contributed by atoms with E-state index in [1.807, 2.05) is 13.0 Å². The average molecular weight is 561 g/mol. The van der Waals surface area contributed by atoms with E-state index in [2.05, 4.69) is 4.99 Å². The number of amides is 1. The van der Waals surface area contributed by atoms with Crippen molar-refractivity contribution in [3.05, 3.63) is 70.2 Å². The Morgan fingerprint density at radius 1 is 1.07 bits per heavy atom. The molecular weight excluding hydrogens is 527 g/mol. The number of carbonyl (C=O) groups excluding carboxylic acids is 2. The number of fused-ring (bicyclic) bond motifs is 1. The lowest BCUT2D eigenvalue weighted by Crippen LogP contribution is -2.42. The highest BCUT2D eigenvalue weighted by atomic mass is 19.1. The van der Waals surface area contributed by atoms with E-state index in [9.17, 15) is 14.0 Å². The second-order valence-electron chi connectivity index (χ2n) is 10.1. The molecule has 1 fully saturated rings. The van der Waals surface area contributed by atoms with Gasteiger partial charge >= 0.3 is 6.09 Å². The molecular formula is C32H33FN2O6. The van der Waals surface area contributed by atoms with E-state index in [1.165, 1.54) is 26.4 Å². The number of allylic oxidation sites excluding steroid dienone is 4. The molecule has 2 aromatic carbocycles. The zero-order chi connectivity index (χ0) is 28.9. The van der Waals surface area contributed by atoms with Gasteiger partial charge in [-0.05, 0) is 82.7 Å². The van der Waals surface area contributed by atoms with Gasteiger partial charge in [0.1, 0.15) is 11.6 Å². The Labute approximate surface area is 238 Å². The van der Waals surface area contributed by atoms with Crippen LogP contribution in [0.5, 0.6) is 17.2 Å². The second kappa shape index (κ2) is 12.5. The molecule has 0 saturated carbocycles. The van der Waals surface area contributed by atoms with Crippen molar-refractivity contribution in [2.75, 3.05) is 40.5 Å². The summed E-state index contributed by atoms with van der Waals surface area (Å²) in [7, 11) is 3.00. The fourth-order valence-electron chi connectivity index (χ4n) is 5.33. The summed E-state index contributed by atoms with van der Waals surface area (Å²) in [5, 5.41) is 0. The third-order valence-electron chi connectivity index (χ3n) is 7.50. The molecule has 214 valence electrons. The first kappa shape index (κ1) is 28.3. The Hall–Kier alpha value is -4.24. The molecule has 0 radical (unpaired) electrons. The first-order valence-electron chi connectivity index (χ1n) is 13.6. The molecule has 2 aromatic rings.